The quantitative estimate of drug-likeness (QED) is 0.348. The Morgan fingerprint density at radius 2 is 2.04 bits per heavy atom. The molecule has 132 valence electrons. The minimum absolute atomic E-state index is 0. The summed E-state index contributed by atoms with van der Waals surface area (Å²) < 4.78 is 22.7. The molecule has 0 radical (unpaired) electrons. The van der Waals surface area contributed by atoms with Crippen molar-refractivity contribution < 1.29 is 8.42 Å². The summed E-state index contributed by atoms with van der Waals surface area (Å²) in [5.41, 5.74) is 0. The number of nitrogens with zero attached hydrogens (tertiary/aromatic N) is 1. The molecule has 0 aromatic carbocycles. The van der Waals surface area contributed by atoms with Crippen LogP contribution in [0.1, 0.15) is 43.9 Å². The average Bonchev–Trinajstić information content (AvgIpc) is 2.95. The van der Waals surface area contributed by atoms with E-state index in [0.717, 1.165) is 17.4 Å². The number of nitrogens with two attached hydrogens (primary N) is 1. The van der Waals surface area contributed by atoms with Crippen molar-refractivity contribution in [3.05, 3.63) is 17.0 Å². The van der Waals surface area contributed by atoms with Crippen LogP contribution in [0.25, 0.3) is 0 Å². The van der Waals surface area contributed by atoms with E-state index in [2.05, 4.69) is 15.6 Å². The first-order valence-corrected chi connectivity index (χ1v) is 10.0. The second kappa shape index (κ2) is 9.80. The van der Waals surface area contributed by atoms with Crippen molar-refractivity contribution in [2.24, 2.45) is 10.1 Å². The van der Waals surface area contributed by atoms with Crippen LogP contribution in [-0.4, -0.2) is 27.0 Å². The van der Waals surface area contributed by atoms with Crippen molar-refractivity contribution >= 4 is 51.3 Å². The van der Waals surface area contributed by atoms with Gasteiger partial charge in [-0.25, -0.2) is 18.5 Å². The Bertz CT molecular complexity index is 610. The van der Waals surface area contributed by atoms with Gasteiger partial charge in [0.05, 0.1) is 6.54 Å². The predicted molar refractivity (Wildman–Crippen MR) is 106 cm³/mol. The van der Waals surface area contributed by atoms with Crippen LogP contribution in [0.5, 0.6) is 0 Å². The third-order valence-corrected chi connectivity index (χ3v) is 6.11. The molecule has 0 aliphatic heterocycles. The summed E-state index contributed by atoms with van der Waals surface area (Å²) in [6, 6.07) is 3.78. The van der Waals surface area contributed by atoms with Gasteiger partial charge in [-0.3, -0.25) is 0 Å². The Labute approximate surface area is 159 Å². The van der Waals surface area contributed by atoms with Crippen molar-refractivity contribution in [1.82, 2.24) is 10.6 Å². The van der Waals surface area contributed by atoms with Crippen LogP contribution in [0.2, 0.25) is 0 Å². The zero-order chi connectivity index (χ0) is 16.0. The zero-order valence-corrected chi connectivity index (χ0v) is 17.2. The molecule has 4 N–H and O–H groups in total. The highest BCUT2D eigenvalue weighted by Gasteiger charge is 2.15. The predicted octanol–water partition coefficient (Wildman–Crippen LogP) is 2.40. The molecule has 0 amide bonds. The number of hydrogen-bond donors (Lipinski definition) is 3. The number of primary sulfonamides is 1. The zero-order valence-electron chi connectivity index (χ0n) is 13.2. The van der Waals surface area contributed by atoms with Gasteiger partial charge in [-0.05, 0) is 31.9 Å². The van der Waals surface area contributed by atoms with Gasteiger partial charge in [0, 0.05) is 17.5 Å². The van der Waals surface area contributed by atoms with E-state index in [-0.39, 0.29) is 28.2 Å². The molecule has 0 unspecified atom stereocenters. The van der Waals surface area contributed by atoms with E-state index in [1.807, 2.05) is 6.92 Å². The monoisotopic (exact) mass is 472 g/mol. The van der Waals surface area contributed by atoms with Crippen molar-refractivity contribution in [3.63, 3.8) is 0 Å². The van der Waals surface area contributed by atoms with Gasteiger partial charge in [-0.2, -0.15) is 0 Å². The molecule has 1 fully saturated rings. The molecular weight excluding hydrogens is 447 g/mol. The van der Waals surface area contributed by atoms with Gasteiger partial charge in [-0.1, -0.05) is 19.3 Å². The van der Waals surface area contributed by atoms with E-state index in [4.69, 9.17) is 5.14 Å². The minimum atomic E-state index is -3.61. The molecule has 1 aromatic heterocycles. The van der Waals surface area contributed by atoms with Crippen LogP contribution in [0.15, 0.2) is 21.3 Å². The lowest BCUT2D eigenvalue weighted by Gasteiger charge is -2.24. The average molecular weight is 472 g/mol. The number of hydrogen-bond acceptors (Lipinski definition) is 4. The van der Waals surface area contributed by atoms with Gasteiger partial charge in [0.15, 0.2) is 5.96 Å². The first kappa shape index (κ1) is 20.7. The van der Waals surface area contributed by atoms with Crippen molar-refractivity contribution in [2.45, 2.75) is 55.8 Å². The lowest BCUT2D eigenvalue weighted by Crippen LogP contribution is -2.44. The highest BCUT2D eigenvalue weighted by molar-refractivity contribution is 14.0. The summed E-state index contributed by atoms with van der Waals surface area (Å²) in [6.45, 7) is 3.27. The summed E-state index contributed by atoms with van der Waals surface area (Å²) in [5, 5.41) is 11.8. The number of guanidine groups is 1. The number of rotatable bonds is 5. The fourth-order valence-electron chi connectivity index (χ4n) is 2.51. The van der Waals surface area contributed by atoms with Crippen molar-refractivity contribution in [2.75, 3.05) is 6.54 Å². The van der Waals surface area contributed by atoms with E-state index in [1.54, 1.807) is 6.07 Å². The molecule has 6 nitrogen and oxygen atoms in total. The van der Waals surface area contributed by atoms with Gasteiger partial charge >= 0.3 is 0 Å². The molecule has 1 aliphatic carbocycles. The first-order valence-electron chi connectivity index (χ1n) is 7.65. The van der Waals surface area contributed by atoms with Gasteiger partial charge in [0.2, 0.25) is 10.0 Å². The van der Waals surface area contributed by atoms with E-state index in [0.29, 0.717) is 12.6 Å². The van der Waals surface area contributed by atoms with Gasteiger partial charge in [-0.15, -0.1) is 35.3 Å². The van der Waals surface area contributed by atoms with Crippen LogP contribution in [-0.2, 0) is 16.6 Å². The Kier molecular flexibility index (Phi) is 8.80. The summed E-state index contributed by atoms with van der Waals surface area (Å²) >= 11 is 1.17. The van der Waals surface area contributed by atoms with Crippen LogP contribution in [0.3, 0.4) is 0 Å². The van der Waals surface area contributed by atoms with E-state index >= 15 is 0 Å². The highest BCUT2D eigenvalue weighted by Crippen LogP contribution is 2.21. The number of sulfonamides is 1. The van der Waals surface area contributed by atoms with Crippen LogP contribution < -0.4 is 15.8 Å². The maximum atomic E-state index is 11.3. The normalized spacial score (nSPS) is 16.7. The van der Waals surface area contributed by atoms with E-state index in [9.17, 15) is 8.42 Å². The lowest BCUT2D eigenvalue weighted by molar-refractivity contribution is 0.410. The van der Waals surface area contributed by atoms with Crippen LogP contribution >= 0.6 is 35.3 Å². The van der Waals surface area contributed by atoms with Crippen LogP contribution in [0, 0.1) is 0 Å². The molecule has 1 aliphatic rings. The molecule has 1 aromatic rings. The minimum Gasteiger partial charge on any atom is -0.357 e. The van der Waals surface area contributed by atoms with Gasteiger partial charge in [0.25, 0.3) is 0 Å². The maximum Gasteiger partial charge on any atom is 0.247 e. The van der Waals surface area contributed by atoms with Crippen LogP contribution in [0.4, 0.5) is 0 Å². The third kappa shape index (κ3) is 6.94. The summed E-state index contributed by atoms with van der Waals surface area (Å²) in [4.78, 5) is 5.42. The standard InChI is InChI=1S/C14H24N4O2S2.HI/c1-2-16-14(18-11-6-4-3-5-7-11)17-10-12-8-9-13(21-12)22(15,19)20;/h8-9,11H,2-7,10H2,1H3,(H2,15,19,20)(H2,16,17,18);1H. The molecule has 9 heteroatoms. The van der Waals surface area contributed by atoms with Crippen molar-refractivity contribution in [1.29, 1.82) is 0 Å². The van der Waals surface area contributed by atoms with Gasteiger partial charge in [0.1, 0.15) is 4.21 Å². The number of aliphatic imine (C=N–C) groups is 1. The Hall–Kier alpha value is -0.390. The third-order valence-electron chi connectivity index (χ3n) is 3.60. The molecule has 0 atom stereocenters. The fraction of sp³-hybridized carbons (Fsp3) is 0.643. The molecular formula is C14H25IN4O2S2. The molecule has 1 heterocycles. The summed E-state index contributed by atoms with van der Waals surface area (Å²) in [6.07, 6.45) is 6.20. The second-order valence-corrected chi connectivity index (χ2v) is 8.40. The highest BCUT2D eigenvalue weighted by atomic mass is 127. The Morgan fingerprint density at radius 1 is 1.35 bits per heavy atom. The Balaban J connectivity index is 0.00000264. The molecule has 23 heavy (non-hydrogen) atoms. The summed E-state index contributed by atoms with van der Waals surface area (Å²) in [5.74, 6) is 0.792. The van der Waals surface area contributed by atoms with E-state index < -0.39 is 10.0 Å². The molecule has 1 saturated carbocycles. The number of nitrogens with one attached hydrogen (secondary N) is 2. The lowest BCUT2D eigenvalue weighted by atomic mass is 9.96. The smallest absolute Gasteiger partial charge is 0.247 e. The number of halogens is 1. The molecule has 0 bridgehead atoms. The summed E-state index contributed by atoms with van der Waals surface area (Å²) in [7, 11) is -3.61. The molecule has 0 saturated heterocycles. The SMILES string of the molecule is CCNC(=NCc1ccc(S(N)(=O)=O)s1)NC1CCCCC1.I. The number of thiophene rings is 1. The maximum absolute atomic E-state index is 11.3. The topological polar surface area (TPSA) is 96.6 Å². The van der Waals surface area contributed by atoms with Crippen molar-refractivity contribution in [3.8, 4) is 0 Å². The van der Waals surface area contributed by atoms with Gasteiger partial charge < -0.3 is 10.6 Å². The first-order chi connectivity index (χ1) is 10.5. The second-order valence-electron chi connectivity index (χ2n) is 5.44. The fourth-order valence-corrected chi connectivity index (χ4v) is 4.22. The largest absolute Gasteiger partial charge is 0.357 e. The van der Waals surface area contributed by atoms with E-state index in [1.165, 1.54) is 49.5 Å². The molecule has 0 spiro atoms. The molecule has 2 rings (SSSR count). The Morgan fingerprint density at radius 3 is 2.61 bits per heavy atom.